The molecule has 98 valence electrons. The molecule has 0 bridgehead atoms. The largest absolute Gasteiger partial charge is 0.300 e. The molecule has 1 heterocycles. The van der Waals surface area contributed by atoms with Crippen molar-refractivity contribution in [3.05, 3.63) is 22.1 Å². The number of aromatic nitrogens is 3. The van der Waals surface area contributed by atoms with E-state index in [1.807, 2.05) is 7.05 Å². The van der Waals surface area contributed by atoms with Crippen LogP contribution in [-0.2, 0) is 7.05 Å². The third kappa shape index (κ3) is 3.02. The van der Waals surface area contributed by atoms with E-state index in [2.05, 4.69) is 23.1 Å². The van der Waals surface area contributed by atoms with Gasteiger partial charge in [0.2, 0.25) is 0 Å². The fourth-order valence-corrected chi connectivity index (χ4v) is 2.78. The number of hydrogen-bond acceptors (Lipinski definition) is 4. The van der Waals surface area contributed by atoms with E-state index in [1.54, 1.807) is 16.4 Å². The van der Waals surface area contributed by atoms with Crippen LogP contribution in [0.25, 0.3) is 5.57 Å². The van der Waals surface area contributed by atoms with E-state index in [-0.39, 0.29) is 5.56 Å². The molecule has 0 radical (unpaired) electrons. The SMILES string of the molecule is CCCSc1nc(=O)c(C2=CCCCC2)nn1C. The van der Waals surface area contributed by atoms with Gasteiger partial charge in [0.15, 0.2) is 10.9 Å². The van der Waals surface area contributed by atoms with Gasteiger partial charge >= 0.3 is 0 Å². The second kappa shape index (κ2) is 6.18. The second-order valence-corrected chi connectivity index (χ2v) is 5.56. The van der Waals surface area contributed by atoms with E-state index in [9.17, 15) is 4.79 Å². The van der Waals surface area contributed by atoms with Crippen molar-refractivity contribution in [3.8, 4) is 0 Å². The molecular weight excluding hydrogens is 246 g/mol. The van der Waals surface area contributed by atoms with Gasteiger partial charge in [-0.25, -0.2) is 4.68 Å². The third-order valence-electron chi connectivity index (χ3n) is 2.96. The molecule has 0 fully saturated rings. The van der Waals surface area contributed by atoms with E-state index >= 15 is 0 Å². The van der Waals surface area contributed by atoms with Gasteiger partial charge < -0.3 is 0 Å². The molecule has 2 rings (SSSR count). The Morgan fingerprint density at radius 1 is 1.44 bits per heavy atom. The molecule has 4 nitrogen and oxygen atoms in total. The van der Waals surface area contributed by atoms with Crippen molar-refractivity contribution in [1.29, 1.82) is 0 Å². The molecule has 18 heavy (non-hydrogen) atoms. The first-order valence-corrected chi connectivity index (χ1v) is 7.48. The molecule has 0 aliphatic heterocycles. The monoisotopic (exact) mass is 265 g/mol. The van der Waals surface area contributed by atoms with Gasteiger partial charge in [-0.2, -0.15) is 10.1 Å². The number of nitrogens with zero attached hydrogens (tertiary/aromatic N) is 3. The van der Waals surface area contributed by atoms with Gasteiger partial charge in [-0.1, -0.05) is 24.8 Å². The first-order chi connectivity index (χ1) is 8.72. The average molecular weight is 265 g/mol. The van der Waals surface area contributed by atoms with Crippen molar-refractivity contribution in [2.75, 3.05) is 5.75 Å². The molecule has 0 spiro atoms. The predicted octanol–water partition coefficient (Wildman–Crippen LogP) is 2.63. The molecule has 0 aromatic carbocycles. The van der Waals surface area contributed by atoms with Gasteiger partial charge in [-0.3, -0.25) is 4.79 Å². The van der Waals surface area contributed by atoms with E-state index in [4.69, 9.17) is 0 Å². The average Bonchev–Trinajstić information content (AvgIpc) is 2.40. The van der Waals surface area contributed by atoms with Crippen LogP contribution in [0.15, 0.2) is 16.0 Å². The molecule has 0 atom stereocenters. The van der Waals surface area contributed by atoms with E-state index in [0.29, 0.717) is 10.9 Å². The second-order valence-electron chi connectivity index (χ2n) is 4.50. The summed E-state index contributed by atoms with van der Waals surface area (Å²) in [7, 11) is 1.86. The Balaban J connectivity index is 2.30. The van der Waals surface area contributed by atoms with Crippen LogP contribution in [0.1, 0.15) is 44.7 Å². The van der Waals surface area contributed by atoms with Gasteiger partial charge in [0.05, 0.1) is 0 Å². The van der Waals surface area contributed by atoms with Crippen molar-refractivity contribution >= 4 is 17.3 Å². The van der Waals surface area contributed by atoms with Gasteiger partial charge in [0.1, 0.15) is 0 Å². The van der Waals surface area contributed by atoms with Gasteiger partial charge in [-0.05, 0) is 37.7 Å². The summed E-state index contributed by atoms with van der Waals surface area (Å²) in [6.07, 6.45) is 7.55. The zero-order chi connectivity index (χ0) is 13.0. The van der Waals surface area contributed by atoms with Gasteiger partial charge in [0.25, 0.3) is 5.56 Å². The molecule has 5 heteroatoms. The highest BCUT2D eigenvalue weighted by Gasteiger charge is 2.14. The van der Waals surface area contributed by atoms with Crippen LogP contribution >= 0.6 is 11.8 Å². The molecule has 0 saturated carbocycles. The molecule has 0 saturated heterocycles. The Hall–Kier alpha value is -1.10. The summed E-state index contributed by atoms with van der Waals surface area (Å²) >= 11 is 1.59. The summed E-state index contributed by atoms with van der Waals surface area (Å²) in [6, 6.07) is 0. The lowest BCUT2D eigenvalue weighted by Gasteiger charge is -2.13. The van der Waals surface area contributed by atoms with Crippen molar-refractivity contribution in [2.45, 2.75) is 44.2 Å². The van der Waals surface area contributed by atoms with Gasteiger partial charge in [0, 0.05) is 12.8 Å². The first kappa shape index (κ1) is 13.3. The Morgan fingerprint density at radius 2 is 2.28 bits per heavy atom. The Bertz CT molecular complexity index is 507. The molecule has 1 aromatic heterocycles. The van der Waals surface area contributed by atoms with Crippen molar-refractivity contribution in [1.82, 2.24) is 14.8 Å². The molecule has 1 aliphatic rings. The summed E-state index contributed by atoms with van der Waals surface area (Å²) in [5.41, 5.74) is 1.43. The molecule has 0 unspecified atom stereocenters. The molecule has 0 N–H and O–H groups in total. The topological polar surface area (TPSA) is 47.8 Å². The first-order valence-electron chi connectivity index (χ1n) is 6.50. The van der Waals surface area contributed by atoms with Crippen molar-refractivity contribution in [3.63, 3.8) is 0 Å². The lowest BCUT2D eigenvalue weighted by atomic mass is 9.97. The highest BCUT2D eigenvalue weighted by molar-refractivity contribution is 7.99. The number of rotatable bonds is 4. The highest BCUT2D eigenvalue weighted by atomic mass is 32.2. The van der Waals surface area contributed by atoms with Crippen molar-refractivity contribution in [2.24, 2.45) is 7.05 Å². The summed E-state index contributed by atoms with van der Waals surface area (Å²) in [5, 5.41) is 5.11. The number of thioether (sulfide) groups is 1. The zero-order valence-corrected chi connectivity index (χ0v) is 11.8. The van der Waals surface area contributed by atoms with Crippen LogP contribution < -0.4 is 5.56 Å². The van der Waals surface area contributed by atoms with E-state index < -0.39 is 0 Å². The molecule has 1 aromatic rings. The summed E-state index contributed by atoms with van der Waals surface area (Å²) in [6.45, 7) is 2.11. The fraction of sp³-hybridized carbons (Fsp3) is 0.615. The molecule has 0 amide bonds. The zero-order valence-electron chi connectivity index (χ0n) is 11.0. The smallest absolute Gasteiger partial charge is 0.265 e. The van der Waals surface area contributed by atoms with Crippen molar-refractivity contribution < 1.29 is 0 Å². The summed E-state index contributed by atoms with van der Waals surface area (Å²) in [4.78, 5) is 16.2. The minimum absolute atomic E-state index is 0.181. The minimum Gasteiger partial charge on any atom is -0.265 e. The lowest BCUT2D eigenvalue weighted by molar-refractivity contribution is 0.601. The number of aryl methyl sites for hydroxylation is 1. The number of allylic oxidation sites excluding steroid dienone is 2. The Morgan fingerprint density at radius 3 is 2.94 bits per heavy atom. The standard InChI is InChI=1S/C13H19N3OS/c1-3-9-18-13-14-12(17)11(15-16(13)2)10-7-5-4-6-8-10/h7H,3-6,8-9H2,1-2H3. The van der Waals surface area contributed by atoms with Gasteiger partial charge in [-0.15, -0.1) is 0 Å². The summed E-state index contributed by atoms with van der Waals surface area (Å²) < 4.78 is 1.73. The minimum atomic E-state index is -0.181. The van der Waals surface area contributed by atoms with Crippen LogP contribution in [0.2, 0.25) is 0 Å². The lowest BCUT2D eigenvalue weighted by Crippen LogP contribution is -2.22. The normalized spacial score (nSPS) is 15.6. The van der Waals surface area contributed by atoms with Crippen LogP contribution in [0.3, 0.4) is 0 Å². The van der Waals surface area contributed by atoms with Crippen LogP contribution in [-0.4, -0.2) is 20.5 Å². The summed E-state index contributed by atoms with van der Waals surface area (Å²) in [5.74, 6) is 0.962. The fourth-order valence-electron chi connectivity index (χ4n) is 2.02. The molecular formula is C13H19N3OS. The highest BCUT2D eigenvalue weighted by Crippen LogP contribution is 2.23. The quantitative estimate of drug-likeness (QED) is 0.785. The maximum Gasteiger partial charge on any atom is 0.300 e. The van der Waals surface area contributed by atoms with Crippen LogP contribution in [0, 0.1) is 0 Å². The number of hydrogen-bond donors (Lipinski definition) is 0. The molecule has 1 aliphatic carbocycles. The third-order valence-corrected chi connectivity index (χ3v) is 4.18. The predicted molar refractivity (Wildman–Crippen MR) is 74.7 cm³/mol. The Labute approximate surface area is 112 Å². The van der Waals surface area contributed by atoms with Crippen LogP contribution in [0.4, 0.5) is 0 Å². The maximum atomic E-state index is 12.0. The Kier molecular flexibility index (Phi) is 4.58. The van der Waals surface area contributed by atoms with E-state index in [1.165, 1.54) is 6.42 Å². The van der Waals surface area contributed by atoms with E-state index in [0.717, 1.165) is 37.0 Å². The maximum absolute atomic E-state index is 12.0. The van der Waals surface area contributed by atoms with Crippen LogP contribution in [0.5, 0.6) is 0 Å².